The average Bonchev–Trinajstić information content (AvgIpc) is 2.57. The van der Waals surface area contributed by atoms with Gasteiger partial charge in [0.05, 0.1) is 6.04 Å². The second-order valence-electron chi connectivity index (χ2n) is 5.61. The number of benzene rings is 2. The van der Waals surface area contributed by atoms with Crippen LogP contribution in [-0.2, 0) is 11.3 Å². The minimum absolute atomic E-state index is 0.113. The van der Waals surface area contributed by atoms with Crippen LogP contribution in [0.2, 0.25) is 0 Å². The van der Waals surface area contributed by atoms with Crippen molar-refractivity contribution in [3.05, 3.63) is 58.6 Å². The van der Waals surface area contributed by atoms with Crippen LogP contribution in [0.15, 0.2) is 53.0 Å². The van der Waals surface area contributed by atoms with Gasteiger partial charge in [-0.05, 0) is 55.9 Å². The normalized spacial score (nSPS) is 12.3. The number of halogens is 3. The van der Waals surface area contributed by atoms with Crippen LogP contribution in [0.1, 0.15) is 12.5 Å². The Morgan fingerprint density at radius 2 is 1.76 bits per heavy atom. The Bertz CT molecular complexity index is 693. The molecule has 2 aromatic carbocycles. The van der Waals surface area contributed by atoms with E-state index in [0.29, 0.717) is 6.54 Å². The maximum Gasteiger partial charge on any atom is 0.387 e. The van der Waals surface area contributed by atoms with Crippen molar-refractivity contribution in [3.8, 4) is 5.75 Å². The summed E-state index contributed by atoms with van der Waals surface area (Å²) in [7, 11) is 1.83. The molecule has 134 valence electrons. The molecule has 0 saturated heterocycles. The third kappa shape index (κ3) is 6.10. The highest BCUT2D eigenvalue weighted by Gasteiger charge is 2.18. The maximum atomic E-state index is 12.3. The van der Waals surface area contributed by atoms with Gasteiger partial charge in [-0.3, -0.25) is 9.69 Å². The molecule has 7 heteroatoms. The smallest absolute Gasteiger partial charge is 0.387 e. The number of likely N-dealkylation sites (N-methyl/N-ethyl adjacent to an activating group) is 1. The lowest BCUT2D eigenvalue weighted by atomic mass is 10.1. The molecule has 0 heterocycles. The predicted molar refractivity (Wildman–Crippen MR) is 96.8 cm³/mol. The molecule has 2 aromatic rings. The van der Waals surface area contributed by atoms with Crippen molar-refractivity contribution >= 4 is 27.5 Å². The lowest BCUT2D eigenvalue weighted by Crippen LogP contribution is -2.39. The van der Waals surface area contributed by atoms with Crippen LogP contribution >= 0.6 is 15.9 Å². The summed E-state index contributed by atoms with van der Waals surface area (Å²) in [6.45, 7) is -0.525. The molecule has 0 aliphatic heterocycles. The highest BCUT2D eigenvalue weighted by atomic mass is 79.9. The zero-order chi connectivity index (χ0) is 18.4. The summed E-state index contributed by atoms with van der Waals surface area (Å²) >= 11 is 3.35. The molecular formula is C18H19BrF2N2O2. The van der Waals surface area contributed by atoms with Gasteiger partial charge in [0.15, 0.2) is 0 Å². The first kappa shape index (κ1) is 19.3. The van der Waals surface area contributed by atoms with Gasteiger partial charge < -0.3 is 10.1 Å². The van der Waals surface area contributed by atoms with E-state index in [2.05, 4.69) is 26.0 Å². The van der Waals surface area contributed by atoms with Gasteiger partial charge >= 0.3 is 6.61 Å². The predicted octanol–water partition coefficient (Wildman–Crippen LogP) is 4.51. The number of carbonyl (C=O) groups is 1. The van der Waals surface area contributed by atoms with Crippen molar-refractivity contribution in [1.82, 2.24) is 4.90 Å². The summed E-state index contributed by atoms with van der Waals surface area (Å²) in [6.07, 6.45) is 0. The van der Waals surface area contributed by atoms with Crippen molar-refractivity contribution in [3.63, 3.8) is 0 Å². The molecule has 0 aliphatic carbocycles. The number of amides is 1. The second kappa shape index (κ2) is 8.92. The minimum atomic E-state index is -2.84. The van der Waals surface area contributed by atoms with E-state index >= 15 is 0 Å². The van der Waals surface area contributed by atoms with E-state index in [4.69, 9.17) is 0 Å². The summed E-state index contributed by atoms with van der Waals surface area (Å²) in [5, 5.41) is 2.86. The first-order chi connectivity index (χ1) is 11.8. The Hall–Kier alpha value is -1.99. The van der Waals surface area contributed by atoms with Crippen molar-refractivity contribution in [2.24, 2.45) is 0 Å². The van der Waals surface area contributed by atoms with Gasteiger partial charge in [0, 0.05) is 16.7 Å². The van der Waals surface area contributed by atoms with Gasteiger partial charge in [-0.15, -0.1) is 0 Å². The SMILES string of the molecule is CC(C(=O)Nc1ccc(Br)cc1)N(C)Cc1ccc(OC(F)F)cc1. The number of hydrogen-bond donors (Lipinski definition) is 1. The Morgan fingerprint density at radius 3 is 2.32 bits per heavy atom. The summed E-state index contributed by atoms with van der Waals surface area (Å²) in [5.74, 6) is -0.00934. The fourth-order valence-corrected chi connectivity index (χ4v) is 2.45. The monoisotopic (exact) mass is 412 g/mol. The molecule has 2 rings (SSSR count). The molecule has 1 unspecified atom stereocenters. The zero-order valence-corrected chi connectivity index (χ0v) is 15.5. The van der Waals surface area contributed by atoms with E-state index < -0.39 is 6.61 Å². The van der Waals surface area contributed by atoms with E-state index in [0.717, 1.165) is 15.7 Å². The van der Waals surface area contributed by atoms with Gasteiger partial charge in [-0.1, -0.05) is 28.1 Å². The lowest BCUT2D eigenvalue weighted by molar-refractivity contribution is -0.120. The van der Waals surface area contributed by atoms with E-state index in [9.17, 15) is 13.6 Å². The first-order valence-corrected chi connectivity index (χ1v) is 8.45. The first-order valence-electron chi connectivity index (χ1n) is 7.65. The molecule has 4 nitrogen and oxygen atoms in total. The molecule has 0 spiro atoms. The van der Waals surface area contributed by atoms with Crippen LogP contribution in [0.5, 0.6) is 5.75 Å². The summed E-state index contributed by atoms with van der Waals surface area (Å²) in [4.78, 5) is 14.2. The van der Waals surface area contributed by atoms with Crippen LogP contribution in [0.3, 0.4) is 0 Å². The number of nitrogens with zero attached hydrogens (tertiary/aromatic N) is 1. The summed E-state index contributed by atoms with van der Waals surface area (Å²) < 4.78 is 29.6. The van der Waals surface area contributed by atoms with E-state index in [1.165, 1.54) is 12.1 Å². The van der Waals surface area contributed by atoms with Crippen molar-refractivity contribution in [2.75, 3.05) is 12.4 Å². The van der Waals surface area contributed by atoms with Crippen LogP contribution < -0.4 is 10.1 Å². The Kier molecular flexibility index (Phi) is 6.90. The van der Waals surface area contributed by atoms with Crippen LogP contribution in [0.25, 0.3) is 0 Å². The highest BCUT2D eigenvalue weighted by Crippen LogP contribution is 2.17. The van der Waals surface area contributed by atoms with Gasteiger partial charge in [-0.2, -0.15) is 8.78 Å². The van der Waals surface area contributed by atoms with E-state index in [-0.39, 0.29) is 17.7 Å². The van der Waals surface area contributed by atoms with Gasteiger partial charge in [0.25, 0.3) is 0 Å². The maximum absolute atomic E-state index is 12.3. The number of nitrogens with one attached hydrogen (secondary N) is 1. The standard InChI is InChI=1S/C18H19BrF2N2O2/c1-12(17(24)22-15-7-5-14(19)6-8-15)23(2)11-13-3-9-16(10-4-13)25-18(20)21/h3-10,12,18H,11H2,1-2H3,(H,22,24). The van der Waals surface area contributed by atoms with Crippen molar-refractivity contribution in [2.45, 2.75) is 26.1 Å². The van der Waals surface area contributed by atoms with Crippen molar-refractivity contribution < 1.29 is 18.3 Å². The Morgan fingerprint density at radius 1 is 1.16 bits per heavy atom. The topological polar surface area (TPSA) is 41.6 Å². The van der Waals surface area contributed by atoms with Crippen molar-refractivity contribution in [1.29, 1.82) is 0 Å². The third-order valence-electron chi connectivity index (χ3n) is 3.73. The minimum Gasteiger partial charge on any atom is -0.435 e. The number of carbonyl (C=O) groups excluding carboxylic acids is 1. The lowest BCUT2D eigenvalue weighted by Gasteiger charge is -2.24. The third-order valence-corrected chi connectivity index (χ3v) is 4.26. The zero-order valence-electron chi connectivity index (χ0n) is 13.9. The number of anilines is 1. The molecule has 0 radical (unpaired) electrons. The summed E-state index contributed by atoms with van der Waals surface area (Å²) in [6, 6.07) is 13.4. The molecule has 0 saturated carbocycles. The highest BCUT2D eigenvalue weighted by molar-refractivity contribution is 9.10. The molecule has 25 heavy (non-hydrogen) atoms. The Balaban J connectivity index is 1.91. The molecule has 1 amide bonds. The molecule has 0 aliphatic rings. The molecule has 0 bridgehead atoms. The van der Waals surface area contributed by atoms with Crippen LogP contribution in [0, 0.1) is 0 Å². The number of rotatable bonds is 7. The van der Waals surface area contributed by atoms with Crippen LogP contribution in [-0.4, -0.2) is 30.5 Å². The van der Waals surface area contributed by atoms with E-state index in [1.807, 2.05) is 43.1 Å². The molecule has 1 atom stereocenters. The molecule has 1 N–H and O–H groups in total. The van der Waals surface area contributed by atoms with Gasteiger partial charge in [0.1, 0.15) is 5.75 Å². The quantitative estimate of drug-likeness (QED) is 0.727. The second-order valence-corrected chi connectivity index (χ2v) is 6.53. The molecule has 0 fully saturated rings. The number of ether oxygens (including phenoxy) is 1. The Labute approximate surface area is 153 Å². The summed E-state index contributed by atoms with van der Waals surface area (Å²) in [5.41, 5.74) is 1.62. The molecular weight excluding hydrogens is 394 g/mol. The fraction of sp³-hybridized carbons (Fsp3) is 0.278. The largest absolute Gasteiger partial charge is 0.435 e. The molecule has 0 aromatic heterocycles. The van der Waals surface area contributed by atoms with Gasteiger partial charge in [0.2, 0.25) is 5.91 Å². The van der Waals surface area contributed by atoms with E-state index in [1.54, 1.807) is 12.1 Å². The van der Waals surface area contributed by atoms with Gasteiger partial charge in [-0.25, -0.2) is 0 Å². The average molecular weight is 413 g/mol. The fourth-order valence-electron chi connectivity index (χ4n) is 2.18. The number of hydrogen-bond acceptors (Lipinski definition) is 3. The number of alkyl halides is 2. The van der Waals surface area contributed by atoms with Crippen LogP contribution in [0.4, 0.5) is 14.5 Å².